The second-order valence-electron chi connectivity index (χ2n) is 11.3. The number of hydrogen-bond acceptors (Lipinski definition) is 3. The Balaban J connectivity index is 5.93. The summed E-state index contributed by atoms with van der Waals surface area (Å²) in [5.74, 6) is 2.99. The predicted molar refractivity (Wildman–Crippen MR) is 132 cm³/mol. The van der Waals surface area contributed by atoms with E-state index >= 15 is 0 Å². The second kappa shape index (κ2) is 11.3. The molecule has 0 aliphatic carbocycles. The van der Waals surface area contributed by atoms with Crippen LogP contribution in [0, 0.1) is 18.3 Å². The molecule has 0 aromatic carbocycles. The molecule has 0 fully saturated rings. The van der Waals surface area contributed by atoms with E-state index in [0.29, 0.717) is 6.42 Å². The van der Waals surface area contributed by atoms with Gasteiger partial charge in [-0.1, -0.05) is 54.0 Å². The maximum absolute atomic E-state index is 9.30. The van der Waals surface area contributed by atoms with Crippen LogP contribution < -0.4 is 0 Å². The van der Waals surface area contributed by atoms with Gasteiger partial charge in [0, 0.05) is 18.9 Å². The molecule has 0 rings (SSSR count). The van der Waals surface area contributed by atoms with Gasteiger partial charge < -0.3 is 14.0 Å². The number of unbranched alkanes of at least 4 members (excludes halogenated alkanes) is 1. The van der Waals surface area contributed by atoms with Crippen molar-refractivity contribution in [2.75, 3.05) is 6.61 Å². The molecular formula is C24H48O3Si2. The summed E-state index contributed by atoms with van der Waals surface area (Å²) in [5.41, 5.74) is 0. The molecule has 0 saturated heterocycles. The normalized spacial score (nSPS) is 16.8. The average molecular weight is 441 g/mol. The fraction of sp³-hybridized carbons (Fsp3) is 0.833. The van der Waals surface area contributed by atoms with Crippen molar-refractivity contribution in [3.8, 4) is 12.3 Å². The zero-order valence-corrected chi connectivity index (χ0v) is 22.9. The molecule has 1 N–H and O–H groups in total. The highest BCUT2D eigenvalue weighted by molar-refractivity contribution is 6.74. The Labute approximate surface area is 183 Å². The summed E-state index contributed by atoms with van der Waals surface area (Å²) in [5, 5.41) is 9.53. The highest BCUT2D eigenvalue weighted by Crippen LogP contribution is 2.42. The zero-order valence-electron chi connectivity index (χ0n) is 20.9. The Kier molecular flexibility index (Phi) is 11.1. The van der Waals surface area contributed by atoms with Crippen LogP contribution >= 0.6 is 0 Å². The number of aliphatic hydroxyl groups excluding tert-OH is 1. The standard InChI is InChI=1S/C24H48O3Si2/c1-13-17-22(27-29(11,12)24(6,7)8)20(18-15-16-19-25)21(14-2)26-28(9,10)23(3,4)5/h1,14,20-22,25H,2,15-19H2,3-12H3/t20-,21-,22-/m1/s1. The average Bonchev–Trinajstić information content (AvgIpc) is 2.54. The summed E-state index contributed by atoms with van der Waals surface area (Å²) in [4.78, 5) is 0. The van der Waals surface area contributed by atoms with Crippen LogP contribution in [0.25, 0.3) is 0 Å². The molecule has 0 radical (unpaired) electrons. The molecule has 3 nitrogen and oxygen atoms in total. The monoisotopic (exact) mass is 440 g/mol. The molecule has 0 aromatic rings. The van der Waals surface area contributed by atoms with Crippen LogP contribution in [0.3, 0.4) is 0 Å². The van der Waals surface area contributed by atoms with Gasteiger partial charge in [0.1, 0.15) is 0 Å². The Morgan fingerprint density at radius 1 is 0.966 bits per heavy atom. The lowest BCUT2D eigenvalue weighted by atomic mass is 9.89. The first-order valence-corrected chi connectivity index (χ1v) is 16.9. The van der Waals surface area contributed by atoms with Crippen LogP contribution in [0.2, 0.25) is 36.3 Å². The van der Waals surface area contributed by atoms with Gasteiger partial charge in [-0.15, -0.1) is 18.9 Å². The van der Waals surface area contributed by atoms with Gasteiger partial charge in [0.15, 0.2) is 16.6 Å². The summed E-state index contributed by atoms with van der Waals surface area (Å²) in [7, 11) is -3.97. The van der Waals surface area contributed by atoms with E-state index in [1.54, 1.807) is 0 Å². The lowest BCUT2D eigenvalue weighted by Gasteiger charge is -2.45. The summed E-state index contributed by atoms with van der Waals surface area (Å²) >= 11 is 0. The van der Waals surface area contributed by atoms with E-state index in [9.17, 15) is 5.11 Å². The van der Waals surface area contributed by atoms with Crippen molar-refractivity contribution < 1.29 is 14.0 Å². The Morgan fingerprint density at radius 3 is 1.83 bits per heavy atom. The molecule has 5 heteroatoms. The van der Waals surface area contributed by atoms with Crippen LogP contribution in [0.4, 0.5) is 0 Å². The van der Waals surface area contributed by atoms with Gasteiger partial charge in [-0.25, -0.2) is 0 Å². The number of terminal acetylenes is 1. The van der Waals surface area contributed by atoms with Crippen molar-refractivity contribution in [2.24, 2.45) is 5.92 Å². The molecule has 0 spiro atoms. The summed E-state index contributed by atoms with van der Waals surface area (Å²) in [6.07, 6.45) is 10.7. The number of rotatable bonds is 12. The van der Waals surface area contributed by atoms with Crippen LogP contribution in [-0.4, -0.2) is 40.6 Å². The van der Waals surface area contributed by atoms with Crippen LogP contribution in [0.5, 0.6) is 0 Å². The molecular weight excluding hydrogens is 392 g/mol. The molecule has 3 atom stereocenters. The Hall–Kier alpha value is -0.386. The van der Waals surface area contributed by atoms with Crippen molar-refractivity contribution in [3.63, 3.8) is 0 Å². The molecule has 0 unspecified atom stereocenters. The number of aliphatic hydroxyl groups is 1. The van der Waals surface area contributed by atoms with Gasteiger partial charge in [0.25, 0.3) is 0 Å². The van der Waals surface area contributed by atoms with Crippen LogP contribution in [0.15, 0.2) is 12.7 Å². The minimum atomic E-state index is -1.99. The molecule has 29 heavy (non-hydrogen) atoms. The summed E-state index contributed by atoms with van der Waals surface area (Å²) in [6.45, 7) is 27.0. The summed E-state index contributed by atoms with van der Waals surface area (Å²) < 4.78 is 13.6. The van der Waals surface area contributed by atoms with Crippen molar-refractivity contribution in [2.45, 2.75) is 116 Å². The molecule has 0 bridgehead atoms. The molecule has 0 aliphatic heterocycles. The Morgan fingerprint density at radius 2 is 1.45 bits per heavy atom. The fourth-order valence-corrected chi connectivity index (χ4v) is 5.51. The third-order valence-corrected chi connectivity index (χ3v) is 15.9. The van der Waals surface area contributed by atoms with E-state index in [2.05, 4.69) is 80.2 Å². The fourth-order valence-electron chi connectivity index (χ4n) is 2.83. The largest absolute Gasteiger partial charge is 0.413 e. The van der Waals surface area contributed by atoms with Gasteiger partial charge in [0.2, 0.25) is 0 Å². The molecule has 0 amide bonds. The van der Waals surface area contributed by atoms with Crippen molar-refractivity contribution in [1.29, 1.82) is 0 Å². The highest BCUT2D eigenvalue weighted by Gasteiger charge is 2.44. The van der Waals surface area contributed by atoms with E-state index in [0.717, 1.165) is 19.3 Å². The first kappa shape index (κ1) is 28.6. The van der Waals surface area contributed by atoms with Crippen molar-refractivity contribution in [3.05, 3.63) is 12.7 Å². The van der Waals surface area contributed by atoms with E-state index < -0.39 is 16.6 Å². The van der Waals surface area contributed by atoms with Crippen LogP contribution in [0.1, 0.15) is 67.2 Å². The Bertz CT molecular complexity index is 536. The first-order chi connectivity index (χ1) is 13.0. The molecule has 0 saturated carbocycles. The second-order valence-corrected chi connectivity index (χ2v) is 20.8. The third kappa shape index (κ3) is 8.71. The van der Waals surface area contributed by atoms with Gasteiger partial charge in [0.05, 0.1) is 12.2 Å². The predicted octanol–water partition coefficient (Wildman–Crippen LogP) is 6.76. The zero-order chi connectivity index (χ0) is 23.1. The minimum absolute atomic E-state index is 0.0626. The van der Waals surface area contributed by atoms with Crippen molar-refractivity contribution in [1.82, 2.24) is 0 Å². The van der Waals surface area contributed by atoms with E-state index in [-0.39, 0.29) is 34.8 Å². The molecule has 0 aromatic heterocycles. The van der Waals surface area contributed by atoms with Gasteiger partial charge >= 0.3 is 0 Å². The van der Waals surface area contributed by atoms with Crippen molar-refractivity contribution >= 4 is 16.6 Å². The van der Waals surface area contributed by atoms with E-state index in [4.69, 9.17) is 15.3 Å². The summed E-state index contributed by atoms with van der Waals surface area (Å²) in [6, 6.07) is 0. The topological polar surface area (TPSA) is 38.7 Å². The van der Waals surface area contributed by atoms with Crippen LogP contribution in [-0.2, 0) is 8.85 Å². The van der Waals surface area contributed by atoms with Gasteiger partial charge in [-0.2, -0.15) is 0 Å². The SMILES string of the molecule is C#CC[C@@H](O[Si](C)(C)C(C)(C)C)[C@H](CCCCO)[C@@H](C=C)O[Si](C)(C)C(C)(C)C. The number of hydrogen-bond donors (Lipinski definition) is 1. The maximum Gasteiger partial charge on any atom is 0.192 e. The lowest BCUT2D eigenvalue weighted by molar-refractivity contribution is 0.0435. The van der Waals surface area contributed by atoms with Gasteiger partial charge in [-0.3, -0.25) is 0 Å². The van der Waals surface area contributed by atoms with Gasteiger partial charge in [-0.05, 0) is 49.1 Å². The quantitative estimate of drug-likeness (QED) is 0.158. The van der Waals surface area contributed by atoms with E-state index in [1.165, 1.54) is 0 Å². The molecule has 0 heterocycles. The maximum atomic E-state index is 9.30. The van der Waals surface area contributed by atoms with E-state index in [1.807, 2.05) is 6.08 Å². The highest BCUT2D eigenvalue weighted by atomic mass is 28.4. The molecule has 170 valence electrons. The minimum Gasteiger partial charge on any atom is -0.413 e. The lowest BCUT2D eigenvalue weighted by Crippen LogP contribution is -2.50. The third-order valence-electron chi connectivity index (χ3n) is 6.89. The molecule has 0 aliphatic rings. The smallest absolute Gasteiger partial charge is 0.192 e. The first-order valence-electron chi connectivity index (χ1n) is 11.1.